The number of nitrogens with zero attached hydrogens (tertiary/aromatic N) is 1. The van der Waals surface area contributed by atoms with Gasteiger partial charge in [0.2, 0.25) is 0 Å². The highest BCUT2D eigenvalue weighted by Crippen LogP contribution is 2.24. The maximum Gasteiger partial charge on any atom is 0.457 e. The smallest absolute Gasteiger partial charge is 0.449 e. The Morgan fingerprint density at radius 1 is 1.50 bits per heavy atom. The van der Waals surface area contributed by atoms with Crippen LogP contribution in [0.25, 0.3) is 0 Å². The van der Waals surface area contributed by atoms with Gasteiger partial charge >= 0.3 is 18.2 Å². The van der Waals surface area contributed by atoms with Gasteiger partial charge in [0.25, 0.3) is 0 Å². The molecular weight excluding hydrogens is 208 g/mol. The molecule has 1 heterocycles. The zero-order valence-electron chi connectivity index (χ0n) is 6.51. The summed E-state index contributed by atoms with van der Waals surface area (Å²) in [5.74, 6) is -0.505. The Labute approximate surface area is 74.5 Å². The molecule has 0 aliphatic rings. The molecule has 0 aliphatic heterocycles. The van der Waals surface area contributed by atoms with E-state index in [1.807, 2.05) is 4.98 Å². The summed E-state index contributed by atoms with van der Waals surface area (Å²) < 4.78 is 50.9. The monoisotopic (exact) mass is 212 g/mol. The molecule has 0 radical (unpaired) electrons. The fraction of sp³-hybridized carbons (Fsp3) is 0.333. The molecule has 78 valence electrons. The van der Waals surface area contributed by atoms with Crippen LogP contribution in [0.1, 0.15) is 0 Å². The van der Waals surface area contributed by atoms with Gasteiger partial charge in [0.1, 0.15) is 0 Å². The minimum absolute atomic E-state index is 0.505. The molecule has 14 heavy (non-hydrogen) atoms. The van der Waals surface area contributed by atoms with E-state index < -0.39 is 24.0 Å². The molecule has 1 atom stereocenters. The van der Waals surface area contributed by atoms with E-state index in [2.05, 4.69) is 9.72 Å². The zero-order valence-corrected chi connectivity index (χ0v) is 6.51. The lowest BCUT2D eigenvalue weighted by Gasteiger charge is -2.13. The van der Waals surface area contributed by atoms with Gasteiger partial charge in [-0.05, 0) is 0 Å². The lowest BCUT2D eigenvalue weighted by atomic mass is 10.6. The van der Waals surface area contributed by atoms with Crippen molar-refractivity contribution in [2.45, 2.75) is 12.5 Å². The van der Waals surface area contributed by atoms with Crippen LogP contribution in [-0.4, -0.2) is 22.5 Å². The highest BCUT2D eigenvalue weighted by atomic mass is 19.4. The fourth-order valence-electron chi connectivity index (χ4n) is 0.580. The van der Waals surface area contributed by atoms with E-state index in [-0.39, 0.29) is 0 Å². The number of aromatic nitrogens is 2. The van der Waals surface area contributed by atoms with E-state index in [1.165, 1.54) is 0 Å². The predicted molar refractivity (Wildman–Crippen MR) is 36.4 cm³/mol. The van der Waals surface area contributed by atoms with Gasteiger partial charge in [-0.3, -0.25) is 0 Å². The van der Waals surface area contributed by atoms with Crippen LogP contribution in [-0.2, 0) is 0 Å². The summed E-state index contributed by atoms with van der Waals surface area (Å²) in [4.78, 5) is 15.3. The SMILES string of the molecule is O=c1ncc(OC(F)C(F)(F)F)c[nH]1. The third-order valence-corrected chi connectivity index (χ3v) is 1.14. The lowest BCUT2D eigenvalue weighted by Crippen LogP contribution is -2.30. The van der Waals surface area contributed by atoms with Gasteiger partial charge in [0.05, 0.1) is 6.20 Å². The summed E-state index contributed by atoms with van der Waals surface area (Å²) in [6.07, 6.45) is -7.06. The van der Waals surface area contributed by atoms with E-state index in [9.17, 15) is 22.4 Å². The zero-order chi connectivity index (χ0) is 10.8. The van der Waals surface area contributed by atoms with Gasteiger partial charge < -0.3 is 9.72 Å². The minimum Gasteiger partial charge on any atom is -0.449 e. The third kappa shape index (κ3) is 2.71. The molecule has 8 heteroatoms. The molecule has 0 aromatic carbocycles. The van der Waals surface area contributed by atoms with Crippen molar-refractivity contribution in [3.8, 4) is 5.75 Å². The molecule has 0 aliphatic carbocycles. The van der Waals surface area contributed by atoms with Crippen molar-refractivity contribution in [1.82, 2.24) is 9.97 Å². The molecule has 0 fully saturated rings. The van der Waals surface area contributed by atoms with Crippen molar-refractivity contribution in [2.24, 2.45) is 0 Å². The molecule has 0 amide bonds. The number of nitrogens with one attached hydrogen (secondary N) is 1. The second-order valence-electron chi connectivity index (χ2n) is 2.23. The molecule has 0 saturated heterocycles. The molecular formula is C6H4F4N2O2. The number of aromatic amines is 1. The molecule has 0 spiro atoms. The van der Waals surface area contributed by atoms with Gasteiger partial charge in [-0.2, -0.15) is 22.5 Å². The first-order chi connectivity index (χ1) is 6.39. The van der Waals surface area contributed by atoms with Crippen molar-refractivity contribution >= 4 is 0 Å². The van der Waals surface area contributed by atoms with Gasteiger partial charge in [-0.1, -0.05) is 0 Å². The van der Waals surface area contributed by atoms with Crippen LogP contribution in [0.2, 0.25) is 0 Å². The normalized spacial score (nSPS) is 13.7. The highest BCUT2D eigenvalue weighted by molar-refractivity contribution is 5.10. The number of halogens is 4. The summed E-state index contributed by atoms with van der Waals surface area (Å²) >= 11 is 0. The van der Waals surface area contributed by atoms with Crippen molar-refractivity contribution < 1.29 is 22.3 Å². The van der Waals surface area contributed by atoms with Crippen LogP contribution >= 0.6 is 0 Å². The standard InChI is InChI=1S/C6H4F4N2O2/c7-4(6(8,9)10)14-3-1-11-5(13)12-2-3/h1-2,4H,(H,11,12,13). The quantitative estimate of drug-likeness (QED) is 0.744. The van der Waals surface area contributed by atoms with E-state index in [4.69, 9.17) is 0 Å². The Kier molecular flexibility index (Phi) is 2.73. The number of hydrogen-bond donors (Lipinski definition) is 1. The van der Waals surface area contributed by atoms with Crippen LogP contribution < -0.4 is 10.4 Å². The first-order valence-corrected chi connectivity index (χ1v) is 3.32. The van der Waals surface area contributed by atoms with E-state index in [1.54, 1.807) is 0 Å². The van der Waals surface area contributed by atoms with Crippen molar-refractivity contribution in [1.29, 1.82) is 0 Å². The van der Waals surface area contributed by atoms with Crippen LogP contribution in [0.4, 0.5) is 17.6 Å². The summed E-state index contributed by atoms with van der Waals surface area (Å²) in [5, 5.41) is 0. The average Bonchev–Trinajstić information content (AvgIpc) is 2.07. The molecule has 1 unspecified atom stereocenters. The molecule has 4 nitrogen and oxygen atoms in total. The molecule has 0 bridgehead atoms. The minimum atomic E-state index is -5.10. The topological polar surface area (TPSA) is 55.0 Å². The first kappa shape index (κ1) is 10.5. The molecule has 1 N–H and O–H groups in total. The lowest BCUT2D eigenvalue weighted by molar-refractivity contribution is -0.236. The van der Waals surface area contributed by atoms with Crippen LogP contribution in [0, 0.1) is 0 Å². The Morgan fingerprint density at radius 2 is 2.14 bits per heavy atom. The fourth-order valence-corrected chi connectivity index (χ4v) is 0.580. The number of ether oxygens (including phenoxy) is 1. The summed E-state index contributed by atoms with van der Waals surface area (Å²) in [6.45, 7) is 0. The van der Waals surface area contributed by atoms with Gasteiger partial charge in [-0.25, -0.2) is 4.79 Å². The number of H-pyrrole nitrogens is 1. The summed E-state index contributed by atoms with van der Waals surface area (Å²) in [5.41, 5.74) is -0.764. The number of alkyl halides is 4. The molecule has 0 saturated carbocycles. The van der Waals surface area contributed by atoms with Crippen molar-refractivity contribution in [3.63, 3.8) is 0 Å². The predicted octanol–water partition coefficient (Wildman–Crippen LogP) is 1.01. The van der Waals surface area contributed by atoms with Gasteiger partial charge in [0.15, 0.2) is 5.75 Å². The van der Waals surface area contributed by atoms with Crippen LogP contribution in [0.3, 0.4) is 0 Å². The third-order valence-electron chi connectivity index (χ3n) is 1.14. The highest BCUT2D eigenvalue weighted by Gasteiger charge is 2.42. The maximum absolute atomic E-state index is 12.2. The second kappa shape index (κ2) is 3.64. The second-order valence-corrected chi connectivity index (χ2v) is 2.23. The number of hydrogen-bond acceptors (Lipinski definition) is 3. The van der Waals surface area contributed by atoms with E-state index in [0.29, 0.717) is 6.20 Å². The molecule has 1 rings (SSSR count). The molecule has 1 aromatic heterocycles. The van der Waals surface area contributed by atoms with Crippen LogP contribution in [0.5, 0.6) is 5.75 Å². The van der Waals surface area contributed by atoms with E-state index >= 15 is 0 Å². The average molecular weight is 212 g/mol. The largest absolute Gasteiger partial charge is 0.457 e. The number of rotatable bonds is 2. The Morgan fingerprint density at radius 3 is 2.57 bits per heavy atom. The molecule has 1 aromatic rings. The Hall–Kier alpha value is -1.60. The van der Waals surface area contributed by atoms with Crippen molar-refractivity contribution in [2.75, 3.05) is 0 Å². The van der Waals surface area contributed by atoms with E-state index in [0.717, 1.165) is 6.20 Å². The van der Waals surface area contributed by atoms with Crippen LogP contribution in [0.15, 0.2) is 17.2 Å². The maximum atomic E-state index is 12.2. The Balaban J connectivity index is 2.70. The summed E-state index contributed by atoms with van der Waals surface area (Å²) in [7, 11) is 0. The summed E-state index contributed by atoms with van der Waals surface area (Å²) in [6, 6.07) is 0. The first-order valence-electron chi connectivity index (χ1n) is 3.32. The van der Waals surface area contributed by atoms with Gasteiger partial charge in [0, 0.05) is 6.20 Å². The van der Waals surface area contributed by atoms with Gasteiger partial charge in [-0.15, -0.1) is 0 Å². The van der Waals surface area contributed by atoms with Crippen molar-refractivity contribution in [3.05, 3.63) is 22.9 Å². The Bertz CT molecular complexity index is 341.